The van der Waals surface area contributed by atoms with E-state index >= 15 is 0 Å². The Hall–Kier alpha value is 1.68. The van der Waals surface area contributed by atoms with Gasteiger partial charge in [-0.2, -0.15) is 11.8 Å². The second kappa shape index (κ2) is 18.7. The third-order valence-electron chi connectivity index (χ3n) is 0.697. The molecule has 0 aliphatic rings. The molecule has 0 fully saturated rings. The Morgan fingerprint density at radius 3 is 0.900 bits per heavy atom. The summed E-state index contributed by atoms with van der Waals surface area (Å²) in [5.74, 6) is 1.22. The average molecular weight is 422 g/mol. The van der Waals surface area contributed by atoms with Crippen LogP contribution in [-0.2, 0) is 43.1 Å². The van der Waals surface area contributed by atoms with E-state index in [2.05, 4.69) is 65.2 Å². The Morgan fingerprint density at radius 2 is 0.900 bits per heavy atom. The largest absolute Gasteiger partial charge is 2.00 e. The van der Waals surface area contributed by atoms with Crippen LogP contribution in [-0.4, -0.2) is 29.4 Å². The first kappa shape index (κ1) is 33.3. The normalized spacial score (nSPS) is 11.4. The van der Waals surface area contributed by atoms with Crippen molar-refractivity contribution in [2.75, 3.05) is 0 Å². The molecule has 0 spiro atoms. The van der Waals surface area contributed by atoms with E-state index in [1.165, 1.54) is 6.42 Å². The molecule has 0 aromatic carbocycles. The van der Waals surface area contributed by atoms with Crippen molar-refractivity contribution in [1.29, 1.82) is 0 Å². The Kier molecular flexibility index (Phi) is 31.2. The molecule has 6 nitrogen and oxygen atoms in total. The minimum absolute atomic E-state index is 0. The Bertz CT molecular complexity index is 228. The van der Waals surface area contributed by atoms with Crippen LogP contribution in [0.3, 0.4) is 0 Å². The molecular weight excluding hydrogens is 396 g/mol. The second-order valence-corrected chi connectivity index (χ2v) is 8.93. The van der Waals surface area contributed by atoms with Crippen LogP contribution in [0, 0.1) is 25.7 Å². The molecule has 6 N–H and O–H groups in total. The minimum Gasteiger partial charge on any atom is -0.341 e. The van der Waals surface area contributed by atoms with Gasteiger partial charge in [-0.25, -0.2) is 0 Å². The summed E-state index contributed by atoms with van der Waals surface area (Å²) in [6.45, 7) is 8.14. The fourth-order valence-corrected chi connectivity index (χ4v) is 0. The molecule has 0 rings (SSSR count). The molecule has 0 radical (unpaired) electrons. The smallest absolute Gasteiger partial charge is 0.341 e. The number of hydrogen-bond donors (Lipinski definition) is 6. The number of hydrogen-bond acceptors (Lipinski definition) is 2. The van der Waals surface area contributed by atoms with Gasteiger partial charge in [-0.15, -0.1) is 0 Å². The maximum atomic E-state index is 7.56. The van der Waals surface area contributed by atoms with Gasteiger partial charge in [0.15, 0.2) is 0 Å². The van der Waals surface area contributed by atoms with Gasteiger partial charge in [0, 0.05) is 0 Å². The van der Waals surface area contributed by atoms with E-state index in [0.29, 0.717) is 11.8 Å². The third kappa shape index (κ3) is 506. The quantitative estimate of drug-likeness (QED) is 0.215. The van der Waals surface area contributed by atoms with E-state index in [0.717, 1.165) is 0 Å². The van der Waals surface area contributed by atoms with E-state index in [-0.39, 0.29) is 19.5 Å². The van der Waals surface area contributed by atoms with Crippen molar-refractivity contribution < 1.29 is 48.8 Å². The van der Waals surface area contributed by atoms with Crippen LogP contribution in [0.15, 0.2) is 0 Å². The summed E-state index contributed by atoms with van der Waals surface area (Å²) in [5, 5.41) is 0. The molecule has 0 bridgehead atoms. The molecule has 0 heterocycles. The van der Waals surface area contributed by atoms with E-state index in [9.17, 15) is 0 Å². The summed E-state index contributed by atoms with van der Waals surface area (Å²) >= 11 is 7.21. The summed E-state index contributed by atoms with van der Waals surface area (Å²) in [5.41, 5.74) is 0. The Morgan fingerprint density at radius 1 is 0.850 bits per heavy atom. The van der Waals surface area contributed by atoms with E-state index < -0.39 is 13.4 Å². The predicted molar refractivity (Wildman–Crippen MR) is 86.9 cm³/mol. The summed E-state index contributed by atoms with van der Waals surface area (Å²) in [6, 6.07) is 0. The summed E-state index contributed by atoms with van der Waals surface area (Å²) in [7, 11) is 0. The van der Waals surface area contributed by atoms with Crippen LogP contribution in [0.1, 0.15) is 34.1 Å². The zero-order chi connectivity index (χ0) is 16.9. The van der Waals surface area contributed by atoms with Crippen molar-refractivity contribution in [2.45, 2.75) is 34.1 Å². The topological polar surface area (TPSA) is 121 Å². The van der Waals surface area contributed by atoms with Crippen LogP contribution in [0.25, 0.3) is 0 Å². The SMILES string of the molecule is OP(O)(O)=S.OP(O)(O)=S.[CH2-]C(C)C.[CH2-]C(C)CC.[Zn+2]. The molecule has 11 heteroatoms. The second-order valence-electron chi connectivity index (χ2n) is 3.93. The Labute approximate surface area is 145 Å². The summed E-state index contributed by atoms with van der Waals surface area (Å²) in [6.07, 6.45) is 1.19. The molecule has 0 amide bonds. The molecule has 0 aliphatic carbocycles. The first-order valence-electron chi connectivity index (χ1n) is 5.23. The Balaban J connectivity index is -0.0000000494. The molecule has 0 aromatic heterocycles. The molecule has 122 valence electrons. The van der Waals surface area contributed by atoms with Gasteiger partial charge in [0.05, 0.1) is 0 Å². The fraction of sp³-hybridized carbons (Fsp3) is 0.778. The summed E-state index contributed by atoms with van der Waals surface area (Å²) in [4.78, 5) is 45.3. The maximum absolute atomic E-state index is 7.56. The molecular formula is C9H26O6P2S2Zn. The van der Waals surface area contributed by atoms with E-state index in [1.807, 2.05) is 0 Å². The van der Waals surface area contributed by atoms with Crippen molar-refractivity contribution in [3.05, 3.63) is 13.8 Å². The van der Waals surface area contributed by atoms with Crippen molar-refractivity contribution in [1.82, 2.24) is 0 Å². The fourth-order valence-electron chi connectivity index (χ4n) is 0. The van der Waals surface area contributed by atoms with Gasteiger partial charge < -0.3 is 43.2 Å². The predicted octanol–water partition coefficient (Wildman–Crippen LogP) is 1.72. The first-order valence-corrected chi connectivity index (χ1v) is 10.6. The summed E-state index contributed by atoms with van der Waals surface area (Å²) < 4.78 is 0. The van der Waals surface area contributed by atoms with Gasteiger partial charge in [-0.1, -0.05) is 34.1 Å². The molecule has 1 atom stereocenters. The van der Waals surface area contributed by atoms with Crippen LogP contribution < -0.4 is 0 Å². The van der Waals surface area contributed by atoms with Gasteiger partial charge in [-0.05, 0) is 23.6 Å². The van der Waals surface area contributed by atoms with Gasteiger partial charge in [0.25, 0.3) is 0 Å². The molecule has 0 saturated carbocycles. The van der Waals surface area contributed by atoms with Gasteiger partial charge in [0.2, 0.25) is 0 Å². The van der Waals surface area contributed by atoms with Gasteiger partial charge >= 0.3 is 32.9 Å². The van der Waals surface area contributed by atoms with Crippen molar-refractivity contribution in [3.8, 4) is 0 Å². The van der Waals surface area contributed by atoms with Crippen molar-refractivity contribution in [2.24, 2.45) is 11.8 Å². The third-order valence-corrected chi connectivity index (χ3v) is 0.697. The monoisotopic (exact) mass is 420 g/mol. The van der Waals surface area contributed by atoms with Crippen molar-refractivity contribution >= 4 is 37.1 Å². The van der Waals surface area contributed by atoms with Crippen LogP contribution in [0.4, 0.5) is 0 Å². The maximum Gasteiger partial charge on any atom is 2.00 e. The molecule has 0 saturated heterocycles. The minimum atomic E-state index is -3.81. The van der Waals surface area contributed by atoms with Crippen molar-refractivity contribution in [3.63, 3.8) is 0 Å². The van der Waals surface area contributed by atoms with Gasteiger partial charge in [-0.3, -0.25) is 0 Å². The average Bonchev–Trinajstić information content (AvgIpc) is 1.95. The zero-order valence-corrected chi connectivity index (χ0v) is 18.8. The zero-order valence-electron chi connectivity index (χ0n) is 12.4. The molecule has 1 unspecified atom stereocenters. The van der Waals surface area contributed by atoms with E-state index in [1.54, 1.807) is 0 Å². The number of rotatable bonds is 1. The van der Waals surface area contributed by atoms with E-state index in [4.69, 9.17) is 29.4 Å². The van der Waals surface area contributed by atoms with Crippen LogP contribution in [0.2, 0.25) is 0 Å². The van der Waals surface area contributed by atoms with Crippen LogP contribution in [0.5, 0.6) is 0 Å². The standard InChI is InChI=1S/C5H11.C4H9.2H3O3PS.Zn/c1-4-5(2)3;1-4(2)3;2*1-4(2,3)5;/h5H,2,4H2,1,3H3;4H,1H2,2-3H3;2*(H3,1,2,3,5);/q2*-1;;;+2. The van der Waals surface area contributed by atoms with Crippen LogP contribution >= 0.6 is 13.4 Å². The molecule has 0 aromatic rings. The van der Waals surface area contributed by atoms with Gasteiger partial charge in [0.1, 0.15) is 0 Å². The molecule has 0 aliphatic heterocycles. The first-order chi connectivity index (χ1) is 8.00. The molecule has 20 heavy (non-hydrogen) atoms.